The third-order valence-corrected chi connectivity index (χ3v) is 7.96. The Morgan fingerprint density at radius 1 is 1.24 bits per heavy atom. The van der Waals surface area contributed by atoms with Crippen molar-refractivity contribution in [2.45, 2.75) is 76.6 Å². The first kappa shape index (κ1) is 20.7. The van der Waals surface area contributed by atoms with E-state index in [2.05, 4.69) is 10.8 Å². The summed E-state index contributed by atoms with van der Waals surface area (Å²) >= 11 is 0. The molecule has 4 rings (SSSR count). The van der Waals surface area contributed by atoms with Gasteiger partial charge in [0.15, 0.2) is 0 Å². The van der Waals surface area contributed by atoms with E-state index in [-0.39, 0.29) is 21.8 Å². The molecule has 6 nitrogen and oxygen atoms in total. The second-order valence-corrected chi connectivity index (χ2v) is 11.5. The average Bonchev–Trinajstić information content (AvgIpc) is 3.00. The molecule has 2 aliphatic heterocycles. The van der Waals surface area contributed by atoms with Crippen LogP contribution in [0.4, 0.5) is 0 Å². The van der Waals surface area contributed by atoms with E-state index in [1.54, 1.807) is 0 Å². The number of rotatable bonds is 3. The van der Waals surface area contributed by atoms with Crippen molar-refractivity contribution in [3.63, 3.8) is 0 Å². The van der Waals surface area contributed by atoms with E-state index in [9.17, 15) is 9.00 Å². The van der Waals surface area contributed by atoms with E-state index in [1.165, 1.54) is 0 Å². The molecule has 2 atom stereocenters. The van der Waals surface area contributed by atoms with Gasteiger partial charge in [0.2, 0.25) is 0 Å². The summed E-state index contributed by atoms with van der Waals surface area (Å²) in [5.41, 5.74) is 2.68. The van der Waals surface area contributed by atoms with Crippen molar-refractivity contribution in [2.75, 3.05) is 13.2 Å². The van der Waals surface area contributed by atoms with Gasteiger partial charge in [-0.25, -0.2) is 13.9 Å². The first-order valence-corrected chi connectivity index (χ1v) is 11.6. The van der Waals surface area contributed by atoms with Gasteiger partial charge in [-0.05, 0) is 71.1 Å². The zero-order valence-corrected chi connectivity index (χ0v) is 18.8. The molecule has 2 aromatic rings. The fraction of sp³-hybridized carbons (Fsp3) is 0.636. The van der Waals surface area contributed by atoms with Gasteiger partial charge in [0.25, 0.3) is 5.56 Å². The first-order chi connectivity index (χ1) is 13.6. The number of ether oxygens (including phenoxy) is 1. The van der Waals surface area contributed by atoms with E-state index in [1.807, 2.05) is 45.3 Å². The van der Waals surface area contributed by atoms with Gasteiger partial charge >= 0.3 is 0 Å². The lowest BCUT2D eigenvalue weighted by Gasteiger charge is -2.32. The summed E-state index contributed by atoms with van der Waals surface area (Å²) in [6, 6.07) is 3.82. The molecule has 7 heteroatoms. The van der Waals surface area contributed by atoms with Crippen molar-refractivity contribution in [1.82, 2.24) is 14.3 Å². The van der Waals surface area contributed by atoms with Gasteiger partial charge in [-0.15, -0.1) is 0 Å². The highest BCUT2D eigenvalue weighted by Crippen LogP contribution is 2.42. The van der Waals surface area contributed by atoms with Crippen LogP contribution in [0.3, 0.4) is 0 Å². The molecular formula is C22H31N3O3S. The molecule has 0 aliphatic carbocycles. The van der Waals surface area contributed by atoms with Crippen LogP contribution in [0.5, 0.6) is 0 Å². The summed E-state index contributed by atoms with van der Waals surface area (Å²) in [5, 5.41) is 0.656. The van der Waals surface area contributed by atoms with Crippen molar-refractivity contribution >= 4 is 21.9 Å². The standard InChI is InChI=1S/C22H31N3O3S/c1-14-12-16(15(2)24-29(27)21(3,4)5)18-17(13-14)19(26)25-9-6-22(20(25)23-18)7-10-28-11-8-22/h12-13,15,24H,6-11H2,1-5H3/t15-,29-/m1/s1. The zero-order chi connectivity index (χ0) is 21.0. The molecule has 1 spiro atoms. The van der Waals surface area contributed by atoms with E-state index < -0.39 is 11.0 Å². The average molecular weight is 418 g/mol. The van der Waals surface area contributed by atoms with Gasteiger partial charge in [0, 0.05) is 31.2 Å². The number of hydrogen-bond acceptors (Lipinski definition) is 4. The Labute approximate surface area is 174 Å². The predicted octanol–water partition coefficient (Wildman–Crippen LogP) is 3.27. The highest BCUT2D eigenvalue weighted by atomic mass is 32.2. The molecule has 1 saturated heterocycles. The highest BCUT2D eigenvalue weighted by Gasteiger charge is 2.43. The lowest BCUT2D eigenvalue weighted by molar-refractivity contribution is 0.0492. The first-order valence-electron chi connectivity index (χ1n) is 10.4. The molecule has 1 N–H and O–H groups in total. The predicted molar refractivity (Wildman–Crippen MR) is 117 cm³/mol. The Balaban J connectivity index is 1.86. The van der Waals surface area contributed by atoms with Crippen LogP contribution >= 0.6 is 0 Å². The molecule has 0 radical (unpaired) electrons. The number of aryl methyl sites for hydroxylation is 1. The van der Waals surface area contributed by atoms with Crippen LogP contribution in [0.1, 0.15) is 70.0 Å². The third kappa shape index (κ3) is 3.57. The molecule has 0 bridgehead atoms. The summed E-state index contributed by atoms with van der Waals surface area (Å²) in [6.07, 6.45) is 2.77. The molecule has 158 valence electrons. The van der Waals surface area contributed by atoms with Crippen LogP contribution in [0.2, 0.25) is 0 Å². The minimum Gasteiger partial charge on any atom is -0.381 e. The summed E-state index contributed by atoms with van der Waals surface area (Å²) < 4.78 is 23.0. The van der Waals surface area contributed by atoms with Crippen molar-refractivity contribution in [1.29, 1.82) is 0 Å². The fourth-order valence-corrected chi connectivity index (χ4v) is 5.32. The number of hydrogen-bond donors (Lipinski definition) is 1. The summed E-state index contributed by atoms with van der Waals surface area (Å²) in [4.78, 5) is 18.5. The summed E-state index contributed by atoms with van der Waals surface area (Å²) in [5.74, 6) is 0.910. The molecule has 1 aromatic heterocycles. The van der Waals surface area contributed by atoms with Crippen molar-refractivity contribution in [3.05, 3.63) is 39.4 Å². The second-order valence-electron chi connectivity index (χ2n) is 9.51. The van der Waals surface area contributed by atoms with Gasteiger partial charge in [0.05, 0.1) is 26.6 Å². The smallest absolute Gasteiger partial charge is 0.261 e. The van der Waals surface area contributed by atoms with E-state index in [0.717, 1.165) is 61.5 Å². The molecule has 0 saturated carbocycles. The fourth-order valence-electron chi connectivity index (χ4n) is 4.52. The molecule has 29 heavy (non-hydrogen) atoms. The highest BCUT2D eigenvalue weighted by molar-refractivity contribution is 7.84. The number of benzene rings is 1. The van der Waals surface area contributed by atoms with Crippen molar-refractivity contribution in [2.24, 2.45) is 0 Å². The maximum absolute atomic E-state index is 13.4. The lowest BCUT2D eigenvalue weighted by Crippen LogP contribution is -2.36. The Bertz CT molecular complexity index is 1030. The van der Waals surface area contributed by atoms with Crippen LogP contribution in [0.25, 0.3) is 10.9 Å². The summed E-state index contributed by atoms with van der Waals surface area (Å²) in [7, 11) is -1.21. The zero-order valence-electron chi connectivity index (χ0n) is 18.0. The minimum atomic E-state index is -1.21. The van der Waals surface area contributed by atoms with Gasteiger partial charge in [-0.1, -0.05) is 6.07 Å². The number of fused-ring (bicyclic) bond motifs is 3. The SMILES string of the molecule is Cc1cc([C@@H](C)N[S@](=O)C(C)(C)C)c2nc3n(c(=O)c2c1)CCC31CCOCC1. The summed E-state index contributed by atoms with van der Waals surface area (Å²) in [6.45, 7) is 12.0. The number of aromatic nitrogens is 2. The molecular weight excluding hydrogens is 386 g/mol. The maximum atomic E-state index is 13.4. The van der Waals surface area contributed by atoms with Crippen LogP contribution in [-0.2, 0) is 27.7 Å². The molecule has 0 unspecified atom stereocenters. The van der Waals surface area contributed by atoms with Crippen molar-refractivity contribution < 1.29 is 8.95 Å². The van der Waals surface area contributed by atoms with Gasteiger partial charge < -0.3 is 4.74 Å². The molecule has 0 amide bonds. The van der Waals surface area contributed by atoms with Crippen molar-refractivity contribution in [3.8, 4) is 0 Å². The molecule has 3 heterocycles. The van der Waals surface area contributed by atoms with E-state index in [0.29, 0.717) is 5.39 Å². The Kier molecular flexibility index (Phi) is 5.20. The minimum absolute atomic E-state index is 0.0439. The van der Waals surface area contributed by atoms with E-state index >= 15 is 0 Å². The number of nitrogens with one attached hydrogen (secondary N) is 1. The van der Waals surface area contributed by atoms with Gasteiger partial charge in [0.1, 0.15) is 5.82 Å². The maximum Gasteiger partial charge on any atom is 0.261 e. The van der Waals surface area contributed by atoms with Gasteiger partial charge in [-0.3, -0.25) is 9.36 Å². The Hall–Kier alpha value is -1.57. The quantitative estimate of drug-likeness (QED) is 0.832. The van der Waals surface area contributed by atoms with Crippen LogP contribution in [0, 0.1) is 6.92 Å². The normalized spacial score (nSPS) is 20.7. The molecule has 1 fully saturated rings. The molecule has 1 aromatic carbocycles. The largest absolute Gasteiger partial charge is 0.381 e. The van der Waals surface area contributed by atoms with Crippen LogP contribution in [0.15, 0.2) is 16.9 Å². The van der Waals surface area contributed by atoms with Gasteiger partial charge in [-0.2, -0.15) is 0 Å². The van der Waals surface area contributed by atoms with Crippen LogP contribution in [-0.4, -0.2) is 31.7 Å². The molecule has 2 aliphatic rings. The second kappa shape index (κ2) is 7.29. The lowest BCUT2D eigenvalue weighted by atomic mass is 9.78. The number of nitrogens with zero attached hydrogens (tertiary/aromatic N) is 2. The monoisotopic (exact) mass is 417 g/mol. The van der Waals surface area contributed by atoms with E-state index in [4.69, 9.17) is 9.72 Å². The third-order valence-electron chi connectivity index (χ3n) is 6.28. The topological polar surface area (TPSA) is 73.2 Å². The Morgan fingerprint density at radius 3 is 2.59 bits per heavy atom. The van der Waals surface area contributed by atoms with Crippen LogP contribution < -0.4 is 10.3 Å². The Morgan fingerprint density at radius 2 is 1.93 bits per heavy atom.